The van der Waals surface area contributed by atoms with Gasteiger partial charge in [0.1, 0.15) is 0 Å². The van der Waals surface area contributed by atoms with Crippen LogP contribution in [0.15, 0.2) is 0 Å². The van der Waals surface area contributed by atoms with Crippen molar-refractivity contribution in [2.75, 3.05) is 6.54 Å². The SMILES string of the molecule is CC(C)NC(=O)CCNC(=O)CC(C)(C(=O)O)C(C)C. The van der Waals surface area contributed by atoms with Crippen molar-refractivity contribution in [1.82, 2.24) is 10.6 Å². The third-order valence-corrected chi connectivity index (χ3v) is 3.41. The van der Waals surface area contributed by atoms with Gasteiger partial charge in [0, 0.05) is 25.4 Å². The number of carbonyl (C=O) groups excluding carboxylic acids is 2. The third-order valence-electron chi connectivity index (χ3n) is 3.41. The standard InChI is InChI=1S/C14H26N2O4/c1-9(2)14(5,13(19)20)8-12(18)15-7-6-11(17)16-10(3)4/h9-10H,6-8H2,1-5H3,(H,15,18)(H,16,17)(H,19,20). The van der Waals surface area contributed by atoms with Crippen molar-refractivity contribution in [2.24, 2.45) is 11.3 Å². The highest BCUT2D eigenvalue weighted by atomic mass is 16.4. The summed E-state index contributed by atoms with van der Waals surface area (Å²) >= 11 is 0. The minimum atomic E-state index is -1.09. The Morgan fingerprint density at radius 3 is 2.05 bits per heavy atom. The van der Waals surface area contributed by atoms with E-state index < -0.39 is 11.4 Å². The van der Waals surface area contributed by atoms with Crippen molar-refractivity contribution < 1.29 is 19.5 Å². The van der Waals surface area contributed by atoms with E-state index in [2.05, 4.69) is 10.6 Å². The summed E-state index contributed by atoms with van der Waals surface area (Å²) in [5.41, 5.74) is -1.09. The maximum atomic E-state index is 11.8. The molecule has 1 unspecified atom stereocenters. The third kappa shape index (κ3) is 6.04. The van der Waals surface area contributed by atoms with E-state index in [1.807, 2.05) is 13.8 Å². The molecule has 0 bridgehead atoms. The van der Waals surface area contributed by atoms with Crippen LogP contribution in [0.2, 0.25) is 0 Å². The van der Waals surface area contributed by atoms with E-state index in [-0.39, 0.29) is 43.2 Å². The molecule has 0 aliphatic carbocycles. The van der Waals surface area contributed by atoms with E-state index in [4.69, 9.17) is 0 Å². The number of nitrogens with one attached hydrogen (secondary N) is 2. The lowest BCUT2D eigenvalue weighted by atomic mass is 9.76. The molecule has 116 valence electrons. The number of hydrogen-bond donors (Lipinski definition) is 3. The topological polar surface area (TPSA) is 95.5 Å². The average Bonchev–Trinajstić information content (AvgIpc) is 2.26. The predicted octanol–water partition coefficient (Wildman–Crippen LogP) is 1.15. The summed E-state index contributed by atoms with van der Waals surface area (Å²) in [5.74, 6) is -1.62. The molecule has 0 spiro atoms. The first-order chi connectivity index (χ1) is 9.09. The Morgan fingerprint density at radius 1 is 1.10 bits per heavy atom. The molecule has 2 amide bonds. The first-order valence-corrected chi connectivity index (χ1v) is 6.89. The Hall–Kier alpha value is -1.59. The molecule has 0 aromatic carbocycles. The quantitative estimate of drug-likeness (QED) is 0.624. The minimum absolute atomic E-state index is 0.0643. The Kier molecular flexibility index (Phi) is 7.24. The monoisotopic (exact) mass is 286 g/mol. The second kappa shape index (κ2) is 7.87. The van der Waals surface area contributed by atoms with Gasteiger partial charge in [-0.15, -0.1) is 0 Å². The first kappa shape index (κ1) is 18.4. The highest BCUT2D eigenvalue weighted by molar-refractivity contribution is 5.85. The molecule has 3 N–H and O–H groups in total. The normalized spacial score (nSPS) is 13.9. The van der Waals surface area contributed by atoms with Gasteiger partial charge < -0.3 is 15.7 Å². The molecule has 6 nitrogen and oxygen atoms in total. The molecule has 0 aliphatic heterocycles. The van der Waals surface area contributed by atoms with Gasteiger partial charge in [-0.25, -0.2) is 0 Å². The number of amides is 2. The summed E-state index contributed by atoms with van der Waals surface area (Å²) in [6.45, 7) is 9.04. The molecule has 0 radical (unpaired) electrons. The zero-order valence-electron chi connectivity index (χ0n) is 12.9. The van der Waals surface area contributed by atoms with Gasteiger partial charge >= 0.3 is 5.97 Å². The molecule has 0 heterocycles. The van der Waals surface area contributed by atoms with Crippen LogP contribution in [0.1, 0.15) is 47.5 Å². The van der Waals surface area contributed by atoms with E-state index in [1.54, 1.807) is 20.8 Å². The van der Waals surface area contributed by atoms with Gasteiger partial charge in [0.15, 0.2) is 0 Å². The van der Waals surface area contributed by atoms with Gasteiger partial charge in [0.05, 0.1) is 5.41 Å². The van der Waals surface area contributed by atoms with E-state index >= 15 is 0 Å². The summed E-state index contributed by atoms with van der Waals surface area (Å²) < 4.78 is 0. The fourth-order valence-electron chi connectivity index (χ4n) is 1.63. The largest absolute Gasteiger partial charge is 0.481 e. The molecule has 1 atom stereocenters. The van der Waals surface area contributed by atoms with E-state index in [0.717, 1.165) is 0 Å². The molecular weight excluding hydrogens is 260 g/mol. The van der Waals surface area contributed by atoms with Crippen molar-refractivity contribution in [3.05, 3.63) is 0 Å². The lowest BCUT2D eigenvalue weighted by Crippen LogP contribution is -2.40. The smallest absolute Gasteiger partial charge is 0.310 e. The molecule has 6 heteroatoms. The Labute approximate surface area is 120 Å². The highest BCUT2D eigenvalue weighted by Gasteiger charge is 2.38. The van der Waals surface area contributed by atoms with Gasteiger partial charge in [-0.05, 0) is 26.7 Å². The average molecular weight is 286 g/mol. The van der Waals surface area contributed by atoms with Crippen molar-refractivity contribution in [2.45, 2.75) is 53.5 Å². The van der Waals surface area contributed by atoms with E-state index in [9.17, 15) is 19.5 Å². The van der Waals surface area contributed by atoms with Crippen LogP contribution in [0.4, 0.5) is 0 Å². The molecule has 0 fully saturated rings. The van der Waals surface area contributed by atoms with Crippen molar-refractivity contribution >= 4 is 17.8 Å². The van der Waals surface area contributed by atoms with Gasteiger partial charge in [0.25, 0.3) is 0 Å². The van der Waals surface area contributed by atoms with Crippen LogP contribution in [-0.4, -0.2) is 35.5 Å². The van der Waals surface area contributed by atoms with Crippen molar-refractivity contribution in [3.63, 3.8) is 0 Å². The van der Waals surface area contributed by atoms with Gasteiger partial charge in [-0.1, -0.05) is 13.8 Å². The number of aliphatic carboxylic acids is 1. The van der Waals surface area contributed by atoms with Crippen LogP contribution >= 0.6 is 0 Å². The van der Waals surface area contributed by atoms with Crippen molar-refractivity contribution in [3.8, 4) is 0 Å². The fraction of sp³-hybridized carbons (Fsp3) is 0.786. The van der Waals surface area contributed by atoms with Crippen LogP contribution in [0, 0.1) is 11.3 Å². The van der Waals surface area contributed by atoms with Crippen LogP contribution in [0.5, 0.6) is 0 Å². The summed E-state index contributed by atoms with van der Waals surface area (Å²) in [6, 6.07) is 0.0643. The molecule has 0 aromatic rings. The Morgan fingerprint density at radius 2 is 1.65 bits per heavy atom. The molecule has 20 heavy (non-hydrogen) atoms. The molecule has 0 rings (SSSR count). The molecule has 0 aliphatic rings. The lowest BCUT2D eigenvalue weighted by molar-refractivity contribution is -0.153. The lowest BCUT2D eigenvalue weighted by Gasteiger charge is -2.28. The van der Waals surface area contributed by atoms with Crippen LogP contribution < -0.4 is 10.6 Å². The zero-order valence-corrected chi connectivity index (χ0v) is 12.9. The van der Waals surface area contributed by atoms with Gasteiger partial charge in [0.2, 0.25) is 11.8 Å². The summed E-state index contributed by atoms with van der Waals surface area (Å²) in [4.78, 5) is 34.4. The maximum Gasteiger partial charge on any atom is 0.310 e. The minimum Gasteiger partial charge on any atom is -0.481 e. The molecule has 0 saturated heterocycles. The van der Waals surface area contributed by atoms with Crippen LogP contribution in [0.3, 0.4) is 0 Å². The van der Waals surface area contributed by atoms with Crippen LogP contribution in [0.25, 0.3) is 0 Å². The zero-order chi connectivity index (χ0) is 15.9. The predicted molar refractivity (Wildman–Crippen MR) is 76.1 cm³/mol. The van der Waals surface area contributed by atoms with Crippen molar-refractivity contribution in [1.29, 1.82) is 0 Å². The number of carbonyl (C=O) groups is 3. The Bertz CT molecular complexity index is 366. The molecular formula is C14H26N2O4. The van der Waals surface area contributed by atoms with Crippen LogP contribution in [-0.2, 0) is 14.4 Å². The highest BCUT2D eigenvalue weighted by Crippen LogP contribution is 2.31. The number of carboxylic acids is 1. The molecule has 0 saturated carbocycles. The first-order valence-electron chi connectivity index (χ1n) is 6.89. The summed E-state index contributed by atoms with van der Waals surface area (Å²) in [6.07, 6.45) is 0.0984. The maximum absolute atomic E-state index is 11.8. The second-order valence-electron chi connectivity index (χ2n) is 5.88. The summed E-state index contributed by atoms with van der Waals surface area (Å²) in [5, 5.41) is 14.5. The summed E-state index contributed by atoms with van der Waals surface area (Å²) in [7, 11) is 0. The van der Waals surface area contributed by atoms with Gasteiger partial charge in [-0.3, -0.25) is 14.4 Å². The number of hydrogen-bond acceptors (Lipinski definition) is 3. The second-order valence-corrected chi connectivity index (χ2v) is 5.88. The number of carboxylic acid groups (broad SMARTS) is 1. The van der Waals surface area contributed by atoms with E-state index in [1.165, 1.54) is 0 Å². The molecule has 0 aromatic heterocycles. The van der Waals surface area contributed by atoms with Gasteiger partial charge in [-0.2, -0.15) is 0 Å². The fourth-order valence-corrected chi connectivity index (χ4v) is 1.63. The number of rotatable bonds is 8. The Balaban J connectivity index is 4.23. The van der Waals surface area contributed by atoms with E-state index in [0.29, 0.717) is 0 Å².